The molecule has 0 aliphatic rings. The third-order valence-corrected chi connectivity index (χ3v) is 4.76. The smallest absolute Gasteiger partial charge is 0.325 e. The van der Waals surface area contributed by atoms with Crippen molar-refractivity contribution in [3.8, 4) is 0 Å². The molecule has 0 spiro atoms. The Morgan fingerprint density at radius 1 is 1.29 bits per heavy atom. The molecule has 7 nitrogen and oxygen atoms in total. The molecule has 1 aromatic carbocycles. The summed E-state index contributed by atoms with van der Waals surface area (Å²) in [4.78, 5) is 22.5. The third kappa shape index (κ3) is 6.13. The molecule has 10 heteroatoms. The lowest BCUT2D eigenvalue weighted by Gasteiger charge is -2.02. The molecule has 1 aromatic heterocycles. The van der Waals surface area contributed by atoms with Crippen LogP contribution in [-0.4, -0.2) is 41.5 Å². The molecule has 2 aromatic rings. The zero-order valence-electron chi connectivity index (χ0n) is 12.7. The first-order chi connectivity index (χ1) is 11.6. The molecule has 2 rings (SSSR count). The number of carbonyl (C=O) groups excluding carboxylic acids is 2. The summed E-state index contributed by atoms with van der Waals surface area (Å²) < 4.78 is 17.9. The number of hydrogen-bond donors (Lipinski definition) is 2. The molecule has 128 valence electrons. The molecular formula is C14H15FN4O3S2. The van der Waals surface area contributed by atoms with Crippen LogP contribution in [0, 0.1) is 5.82 Å². The molecule has 0 atom stereocenters. The summed E-state index contributed by atoms with van der Waals surface area (Å²) in [6.45, 7) is 0.343. The van der Waals surface area contributed by atoms with E-state index in [9.17, 15) is 14.0 Å². The van der Waals surface area contributed by atoms with E-state index >= 15 is 0 Å². The highest BCUT2D eigenvalue weighted by Crippen LogP contribution is 2.25. The summed E-state index contributed by atoms with van der Waals surface area (Å²) in [7, 11) is 1.25. The fourth-order valence-corrected chi connectivity index (χ4v) is 3.12. The lowest BCUT2D eigenvalue weighted by molar-refractivity contribution is -0.140. The van der Waals surface area contributed by atoms with Gasteiger partial charge in [-0.15, -0.1) is 10.2 Å². The number of anilines is 1. The number of nitrogens with zero attached hydrogens (tertiary/aromatic N) is 2. The van der Waals surface area contributed by atoms with Gasteiger partial charge in [0.05, 0.1) is 12.9 Å². The highest BCUT2D eigenvalue weighted by Gasteiger charge is 2.09. The van der Waals surface area contributed by atoms with E-state index in [4.69, 9.17) is 0 Å². The average Bonchev–Trinajstić information content (AvgIpc) is 3.05. The summed E-state index contributed by atoms with van der Waals surface area (Å²) in [6.07, 6.45) is 0. The van der Waals surface area contributed by atoms with Gasteiger partial charge in [0, 0.05) is 6.54 Å². The zero-order valence-corrected chi connectivity index (χ0v) is 14.4. The first-order valence-electron chi connectivity index (χ1n) is 6.85. The van der Waals surface area contributed by atoms with Crippen molar-refractivity contribution in [3.63, 3.8) is 0 Å². The van der Waals surface area contributed by atoms with Gasteiger partial charge in [-0.1, -0.05) is 35.2 Å². The van der Waals surface area contributed by atoms with Crippen molar-refractivity contribution in [3.05, 3.63) is 35.6 Å². The quantitative estimate of drug-likeness (QED) is 0.539. The summed E-state index contributed by atoms with van der Waals surface area (Å²) in [5.74, 6) is -0.944. The van der Waals surface area contributed by atoms with Gasteiger partial charge >= 0.3 is 5.97 Å². The standard InChI is InChI=1S/C14H15FN4O3S2/c1-22-12(21)7-16-11(20)8-23-14-19-18-13(24-14)17-6-9-2-4-10(15)5-3-9/h2-5H,6-8H2,1H3,(H,16,20)(H,17,18). The van der Waals surface area contributed by atoms with Gasteiger partial charge in [0.15, 0.2) is 4.34 Å². The Kier molecular flexibility index (Phi) is 6.94. The van der Waals surface area contributed by atoms with Crippen LogP contribution in [0.1, 0.15) is 5.56 Å². The fourth-order valence-electron chi connectivity index (χ4n) is 1.54. The highest BCUT2D eigenvalue weighted by molar-refractivity contribution is 8.01. The van der Waals surface area contributed by atoms with E-state index in [0.29, 0.717) is 16.0 Å². The fraction of sp³-hybridized carbons (Fsp3) is 0.286. The second kappa shape index (κ2) is 9.18. The lowest BCUT2D eigenvalue weighted by Crippen LogP contribution is -2.31. The van der Waals surface area contributed by atoms with Gasteiger partial charge in [-0.3, -0.25) is 9.59 Å². The molecule has 0 aliphatic heterocycles. The Labute approximate surface area is 146 Å². The average molecular weight is 370 g/mol. The van der Waals surface area contributed by atoms with E-state index in [2.05, 4.69) is 25.6 Å². The minimum Gasteiger partial charge on any atom is -0.468 e. The van der Waals surface area contributed by atoms with E-state index in [1.54, 1.807) is 12.1 Å². The molecule has 1 amide bonds. The number of esters is 1. The number of aromatic nitrogens is 2. The van der Waals surface area contributed by atoms with Gasteiger partial charge in [-0.25, -0.2) is 4.39 Å². The van der Waals surface area contributed by atoms with Crippen LogP contribution in [0.4, 0.5) is 9.52 Å². The van der Waals surface area contributed by atoms with Crippen LogP contribution < -0.4 is 10.6 Å². The molecule has 2 N–H and O–H groups in total. The number of nitrogens with one attached hydrogen (secondary N) is 2. The van der Waals surface area contributed by atoms with Crippen molar-refractivity contribution in [1.82, 2.24) is 15.5 Å². The normalized spacial score (nSPS) is 10.2. The van der Waals surface area contributed by atoms with E-state index in [1.165, 1.54) is 42.3 Å². The van der Waals surface area contributed by atoms with E-state index in [0.717, 1.165) is 5.56 Å². The summed E-state index contributed by atoms with van der Waals surface area (Å²) in [5.41, 5.74) is 0.919. The SMILES string of the molecule is COC(=O)CNC(=O)CSc1nnc(NCc2ccc(F)cc2)s1. The third-order valence-electron chi connectivity index (χ3n) is 2.75. The van der Waals surface area contributed by atoms with E-state index in [1.807, 2.05) is 0 Å². The Morgan fingerprint density at radius 2 is 2.04 bits per heavy atom. The summed E-state index contributed by atoms with van der Waals surface area (Å²) in [5, 5.41) is 14.1. The van der Waals surface area contributed by atoms with E-state index < -0.39 is 5.97 Å². The second-order valence-electron chi connectivity index (χ2n) is 4.49. The maximum atomic E-state index is 12.8. The van der Waals surface area contributed by atoms with Crippen LogP contribution in [0.25, 0.3) is 0 Å². The van der Waals surface area contributed by atoms with Gasteiger partial charge in [0.25, 0.3) is 0 Å². The number of ether oxygens (including phenoxy) is 1. The Balaban J connectivity index is 1.73. The molecule has 0 saturated carbocycles. The molecular weight excluding hydrogens is 355 g/mol. The number of methoxy groups -OCH3 is 1. The molecule has 24 heavy (non-hydrogen) atoms. The number of rotatable bonds is 8. The Bertz CT molecular complexity index is 694. The topological polar surface area (TPSA) is 93.2 Å². The lowest BCUT2D eigenvalue weighted by atomic mass is 10.2. The largest absolute Gasteiger partial charge is 0.468 e. The molecule has 0 aliphatic carbocycles. The maximum absolute atomic E-state index is 12.8. The number of amides is 1. The van der Waals surface area contributed by atoms with Crippen LogP contribution in [0.3, 0.4) is 0 Å². The summed E-state index contributed by atoms with van der Waals surface area (Å²) in [6, 6.07) is 6.16. The molecule has 0 saturated heterocycles. The molecule has 0 unspecified atom stereocenters. The predicted molar refractivity (Wildman–Crippen MR) is 89.4 cm³/mol. The van der Waals surface area contributed by atoms with Crippen LogP contribution in [-0.2, 0) is 20.9 Å². The number of hydrogen-bond acceptors (Lipinski definition) is 8. The van der Waals surface area contributed by atoms with Crippen molar-refractivity contribution in [2.75, 3.05) is 24.7 Å². The zero-order chi connectivity index (χ0) is 17.4. The highest BCUT2D eigenvalue weighted by atomic mass is 32.2. The van der Waals surface area contributed by atoms with Gasteiger partial charge < -0.3 is 15.4 Å². The van der Waals surface area contributed by atoms with Crippen LogP contribution in [0.15, 0.2) is 28.6 Å². The monoisotopic (exact) mass is 370 g/mol. The van der Waals surface area contributed by atoms with Gasteiger partial charge in [0.2, 0.25) is 11.0 Å². The molecule has 0 bridgehead atoms. The predicted octanol–water partition coefficient (Wildman–Crippen LogP) is 1.67. The van der Waals surface area contributed by atoms with Crippen LogP contribution >= 0.6 is 23.1 Å². The second-order valence-corrected chi connectivity index (χ2v) is 6.69. The number of benzene rings is 1. The van der Waals surface area contributed by atoms with Crippen LogP contribution in [0.5, 0.6) is 0 Å². The molecule has 0 fully saturated rings. The van der Waals surface area contributed by atoms with Gasteiger partial charge in [-0.2, -0.15) is 0 Å². The van der Waals surface area contributed by atoms with Gasteiger partial charge in [-0.05, 0) is 17.7 Å². The molecule has 0 radical (unpaired) electrons. The maximum Gasteiger partial charge on any atom is 0.325 e. The minimum atomic E-state index is -0.503. The number of halogens is 1. The van der Waals surface area contributed by atoms with Crippen molar-refractivity contribution in [2.24, 2.45) is 0 Å². The summed E-state index contributed by atoms with van der Waals surface area (Å²) >= 11 is 2.53. The first kappa shape index (κ1) is 18.1. The molecule has 1 heterocycles. The van der Waals surface area contributed by atoms with Crippen molar-refractivity contribution >= 4 is 40.1 Å². The van der Waals surface area contributed by atoms with Crippen molar-refractivity contribution < 1.29 is 18.7 Å². The van der Waals surface area contributed by atoms with Crippen LogP contribution in [0.2, 0.25) is 0 Å². The number of carbonyl (C=O) groups is 2. The minimum absolute atomic E-state index is 0.129. The first-order valence-corrected chi connectivity index (χ1v) is 8.65. The number of thioether (sulfide) groups is 1. The Morgan fingerprint density at radius 3 is 2.75 bits per heavy atom. The van der Waals surface area contributed by atoms with Gasteiger partial charge in [0.1, 0.15) is 12.4 Å². The van der Waals surface area contributed by atoms with E-state index in [-0.39, 0.29) is 24.0 Å². The Hall–Kier alpha value is -2.20. The van der Waals surface area contributed by atoms with Crippen molar-refractivity contribution in [2.45, 2.75) is 10.9 Å². The van der Waals surface area contributed by atoms with Crippen molar-refractivity contribution in [1.29, 1.82) is 0 Å².